The fraction of sp³-hybridized carbons (Fsp3) is 0.357. The zero-order valence-electron chi connectivity index (χ0n) is 10.4. The zero-order chi connectivity index (χ0) is 12.4. The predicted octanol–water partition coefficient (Wildman–Crippen LogP) is 2.98. The average Bonchev–Trinajstić information content (AvgIpc) is 2.38. The molecule has 0 spiro atoms. The predicted molar refractivity (Wildman–Crippen MR) is 69.8 cm³/mol. The molecule has 1 aromatic heterocycles. The first-order valence-electron chi connectivity index (χ1n) is 5.86. The maximum atomic E-state index is 12.3. The molecule has 2 aromatic rings. The van der Waals surface area contributed by atoms with Crippen LogP contribution < -0.4 is 10.3 Å². The summed E-state index contributed by atoms with van der Waals surface area (Å²) < 4.78 is 6.94. The van der Waals surface area contributed by atoms with Crippen LogP contribution in [0.5, 0.6) is 5.75 Å². The van der Waals surface area contributed by atoms with E-state index in [9.17, 15) is 4.79 Å². The van der Waals surface area contributed by atoms with Crippen molar-refractivity contribution in [3.05, 3.63) is 40.8 Å². The molecule has 17 heavy (non-hydrogen) atoms. The average molecular weight is 231 g/mol. The summed E-state index contributed by atoms with van der Waals surface area (Å²) in [6.07, 6.45) is 2.81. The van der Waals surface area contributed by atoms with Crippen LogP contribution in [-0.4, -0.2) is 11.7 Å². The van der Waals surface area contributed by atoms with Gasteiger partial charge in [0.1, 0.15) is 5.75 Å². The Bertz CT molecular complexity index is 586. The molecule has 0 amide bonds. The summed E-state index contributed by atoms with van der Waals surface area (Å²) in [4.78, 5) is 12.3. The molecular formula is C14H17NO2. The van der Waals surface area contributed by atoms with Crippen molar-refractivity contribution in [1.29, 1.82) is 0 Å². The first kappa shape index (κ1) is 11.7. The summed E-state index contributed by atoms with van der Waals surface area (Å²) >= 11 is 0. The monoisotopic (exact) mass is 231 g/mol. The van der Waals surface area contributed by atoms with Crippen LogP contribution in [0.1, 0.15) is 26.3 Å². The summed E-state index contributed by atoms with van der Waals surface area (Å²) in [5.74, 6) is 0.776. The van der Waals surface area contributed by atoms with Gasteiger partial charge in [-0.2, -0.15) is 0 Å². The summed E-state index contributed by atoms with van der Waals surface area (Å²) in [6.45, 7) is 4.13. The molecular weight excluding hydrogens is 214 g/mol. The van der Waals surface area contributed by atoms with Crippen LogP contribution in [0.4, 0.5) is 0 Å². The molecule has 3 heteroatoms. The Kier molecular flexibility index (Phi) is 3.18. The molecule has 1 atom stereocenters. The molecule has 0 saturated carbocycles. The highest BCUT2D eigenvalue weighted by Crippen LogP contribution is 2.19. The first-order chi connectivity index (χ1) is 8.17. The van der Waals surface area contributed by atoms with Gasteiger partial charge in [0.05, 0.1) is 7.11 Å². The second-order valence-corrected chi connectivity index (χ2v) is 4.24. The molecule has 1 unspecified atom stereocenters. The Morgan fingerprint density at radius 3 is 2.76 bits per heavy atom. The van der Waals surface area contributed by atoms with E-state index in [1.54, 1.807) is 11.7 Å². The maximum absolute atomic E-state index is 12.3. The second kappa shape index (κ2) is 4.62. The number of pyridine rings is 1. The molecule has 0 radical (unpaired) electrons. The lowest BCUT2D eigenvalue weighted by Crippen LogP contribution is -2.22. The van der Waals surface area contributed by atoms with Crippen LogP contribution in [0.15, 0.2) is 35.3 Å². The van der Waals surface area contributed by atoms with Crippen molar-refractivity contribution in [2.24, 2.45) is 0 Å². The van der Waals surface area contributed by atoms with Gasteiger partial charge in [0.25, 0.3) is 5.56 Å². The number of hydrogen-bond donors (Lipinski definition) is 0. The van der Waals surface area contributed by atoms with Crippen molar-refractivity contribution in [3.8, 4) is 5.75 Å². The highest BCUT2D eigenvalue weighted by Gasteiger charge is 2.07. The largest absolute Gasteiger partial charge is 0.497 e. The lowest BCUT2D eigenvalue weighted by atomic mass is 10.1. The number of methoxy groups -OCH3 is 1. The fourth-order valence-electron chi connectivity index (χ4n) is 1.91. The summed E-state index contributed by atoms with van der Waals surface area (Å²) in [6, 6.07) is 7.73. The smallest absolute Gasteiger partial charge is 0.258 e. The van der Waals surface area contributed by atoms with Gasteiger partial charge in [-0.25, -0.2) is 0 Å². The second-order valence-electron chi connectivity index (χ2n) is 4.24. The highest BCUT2D eigenvalue weighted by molar-refractivity contribution is 5.82. The molecule has 0 bridgehead atoms. The summed E-state index contributed by atoms with van der Waals surface area (Å²) in [5.41, 5.74) is 0.0690. The molecule has 0 aliphatic heterocycles. The molecule has 0 fully saturated rings. The quantitative estimate of drug-likeness (QED) is 0.813. The van der Waals surface area contributed by atoms with E-state index in [1.165, 1.54) is 0 Å². The summed E-state index contributed by atoms with van der Waals surface area (Å²) in [7, 11) is 1.63. The van der Waals surface area contributed by atoms with Crippen LogP contribution in [0.25, 0.3) is 10.8 Å². The van der Waals surface area contributed by atoms with Crippen LogP contribution in [0.3, 0.4) is 0 Å². The van der Waals surface area contributed by atoms with E-state index in [-0.39, 0.29) is 11.6 Å². The van der Waals surface area contributed by atoms with E-state index in [2.05, 4.69) is 13.8 Å². The van der Waals surface area contributed by atoms with Gasteiger partial charge >= 0.3 is 0 Å². The molecule has 2 rings (SSSR count). The number of fused-ring (bicyclic) bond motifs is 1. The molecule has 90 valence electrons. The van der Waals surface area contributed by atoms with Crippen LogP contribution in [0.2, 0.25) is 0 Å². The first-order valence-corrected chi connectivity index (χ1v) is 5.86. The van der Waals surface area contributed by atoms with Crippen LogP contribution in [0, 0.1) is 0 Å². The van der Waals surface area contributed by atoms with E-state index in [4.69, 9.17) is 4.74 Å². The van der Waals surface area contributed by atoms with E-state index in [0.717, 1.165) is 22.9 Å². The third kappa shape index (κ3) is 2.05. The molecule has 0 aliphatic carbocycles. The number of hydrogen-bond acceptors (Lipinski definition) is 2. The Hall–Kier alpha value is -1.77. The van der Waals surface area contributed by atoms with Gasteiger partial charge in [-0.3, -0.25) is 4.79 Å². The lowest BCUT2D eigenvalue weighted by molar-refractivity contribution is 0.415. The van der Waals surface area contributed by atoms with Gasteiger partial charge in [0, 0.05) is 17.6 Å². The zero-order valence-corrected chi connectivity index (χ0v) is 10.4. The number of ether oxygens (including phenoxy) is 1. The Labute approximate surface area is 101 Å². The van der Waals surface area contributed by atoms with Gasteiger partial charge in [-0.1, -0.05) is 6.92 Å². The number of aromatic nitrogens is 1. The van der Waals surface area contributed by atoms with E-state index < -0.39 is 0 Å². The third-order valence-electron chi connectivity index (χ3n) is 3.20. The molecule has 3 nitrogen and oxygen atoms in total. The van der Waals surface area contributed by atoms with Gasteiger partial charge in [-0.15, -0.1) is 0 Å². The van der Waals surface area contributed by atoms with Gasteiger partial charge < -0.3 is 9.30 Å². The minimum absolute atomic E-state index is 0.0690. The van der Waals surface area contributed by atoms with Crippen molar-refractivity contribution in [1.82, 2.24) is 4.57 Å². The molecule has 0 aliphatic rings. The minimum Gasteiger partial charge on any atom is -0.497 e. The molecule has 0 N–H and O–H groups in total. The lowest BCUT2D eigenvalue weighted by Gasteiger charge is -2.13. The minimum atomic E-state index is 0.0690. The Morgan fingerprint density at radius 1 is 1.35 bits per heavy atom. The third-order valence-corrected chi connectivity index (χ3v) is 3.20. The van der Waals surface area contributed by atoms with Crippen molar-refractivity contribution >= 4 is 10.8 Å². The molecule has 1 heterocycles. The SMILES string of the molecule is CCC(C)n1ccc2cc(OC)ccc2c1=O. The number of benzene rings is 1. The van der Waals surface area contributed by atoms with Crippen LogP contribution in [-0.2, 0) is 0 Å². The molecule has 1 aromatic carbocycles. The van der Waals surface area contributed by atoms with Crippen molar-refractivity contribution < 1.29 is 4.74 Å². The Morgan fingerprint density at radius 2 is 2.12 bits per heavy atom. The topological polar surface area (TPSA) is 31.2 Å². The van der Waals surface area contributed by atoms with E-state index in [1.807, 2.05) is 30.5 Å². The van der Waals surface area contributed by atoms with Gasteiger partial charge in [0.15, 0.2) is 0 Å². The highest BCUT2D eigenvalue weighted by atomic mass is 16.5. The molecule has 0 saturated heterocycles. The summed E-state index contributed by atoms with van der Waals surface area (Å²) in [5, 5.41) is 1.67. The van der Waals surface area contributed by atoms with Gasteiger partial charge in [-0.05, 0) is 43.0 Å². The van der Waals surface area contributed by atoms with E-state index >= 15 is 0 Å². The number of rotatable bonds is 3. The van der Waals surface area contributed by atoms with Crippen molar-refractivity contribution in [2.75, 3.05) is 7.11 Å². The normalized spacial score (nSPS) is 12.6. The van der Waals surface area contributed by atoms with E-state index in [0.29, 0.717) is 0 Å². The van der Waals surface area contributed by atoms with Crippen molar-refractivity contribution in [3.63, 3.8) is 0 Å². The fourth-order valence-corrected chi connectivity index (χ4v) is 1.91. The van der Waals surface area contributed by atoms with Crippen molar-refractivity contribution in [2.45, 2.75) is 26.3 Å². The Balaban J connectivity index is 2.65. The number of nitrogens with zero attached hydrogens (tertiary/aromatic N) is 1. The van der Waals surface area contributed by atoms with Gasteiger partial charge in [0.2, 0.25) is 0 Å². The maximum Gasteiger partial charge on any atom is 0.258 e. The standard InChI is InChI=1S/C14H17NO2/c1-4-10(2)15-8-7-11-9-12(17-3)5-6-13(11)14(15)16/h5-10H,4H2,1-3H3. The van der Waals surface area contributed by atoms with Crippen LogP contribution >= 0.6 is 0 Å².